The number of hydrogen-bond acceptors (Lipinski definition) is 3. The Morgan fingerprint density at radius 1 is 1.42 bits per heavy atom. The third kappa shape index (κ3) is 5.84. The van der Waals surface area contributed by atoms with Crippen molar-refractivity contribution in [2.24, 2.45) is 5.73 Å². The van der Waals surface area contributed by atoms with Gasteiger partial charge in [0.15, 0.2) is 0 Å². The predicted octanol–water partition coefficient (Wildman–Crippen LogP) is 1.60. The average molecular weight is 264 g/mol. The number of nitrogens with zero attached hydrogens (tertiary/aromatic N) is 1. The fourth-order valence-electron chi connectivity index (χ4n) is 1.64. The molecule has 0 unspecified atom stereocenters. The summed E-state index contributed by atoms with van der Waals surface area (Å²) in [7, 11) is 1.95. The van der Waals surface area contributed by atoms with E-state index < -0.39 is 0 Å². The van der Waals surface area contributed by atoms with E-state index >= 15 is 0 Å². The molecule has 0 heterocycles. The Bertz CT molecular complexity index is 451. The van der Waals surface area contributed by atoms with Gasteiger partial charge in [-0.2, -0.15) is 0 Å². The number of halogens is 1. The zero-order chi connectivity index (χ0) is 14.1. The predicted molar refractivity (Wildman–Crippen MR) is 75.2 cm³/mol. The molecule has 0 radical (unpaired) electrons. The lowest BCUT2D eigenvalue weighted by Gasteiger charge is -2.16. The molecule has 0 aromatic heterocycles. The quantitative estimate of drug-likeness (QED) is 0.626. The van der Waals surface area contributed by atoms with Crippen molar-refractivity contribution in [1.29, 1.82) is 0 Å². The maximum absolute atomic E-state index is 13.9. The van der Waals surface area contributed by atoms with Gasteiger partial charge in [0.05, 0.1) is 13.2 Å². The summed E-state index contributed by atoms with van der Waals surface area (Å²) in [6, 6.07) is 5.04. The molecular weight excluding hydrogens is 243 g/mol. The minimum Gasteiger partial charge on any atom is -0.380 e. The molecule has 1 aromatic rings. The van der Waals surface area contributed by atoms with Gasteiger partial charge in [0.2, 0.25) is 0 Å². The van der Waals surface area contributed by atoms with Gasteiger partial charge in [-0.3, -0.25) is 4.90 Å². The number of likely N-dealkylation sites (N-methyl/N-ethyl adjacent to an activating group) is 1. The van der Waals surface area contributed by atoms with Gasteiger partial charge in [-0.1, -0.05) is 17.9 Å². The van der Waals surface area contributed by atoms with E-state index in [1.54, 1.807) is 6.07 Å². The molecule has 3 nitrogen and oxygen atoms in total. The topological polar surface area (TPSA) is 38.5 Å². The molecule has 0 spiro atoms. The van der Waals surface area contributed by atoms with Crippen LogP contribution < -0.4 is 5.73 Å². The van der Waals surface area contributed by atoms with E-state index in [4.69, 9.17) is 10.5 Å². The third-order valence-corrected chi connectivity index (χ3v) is 2.65. The first kappa shape index (κ1) is 15.6. The Balaban J connectivity index is 2.59. The first-order chi connectivity index (χ1) is 9.17. The van der Waals surface area contributed by atoms with Crippen LogP contribution in [-0.4, -0.2) is 38.3 Å². The van der Waals surface area contributed by atoms with Crippen molar-refractivity contribution in [2.75, 3.05) is 33.4 Å². The van der Waals surface area contributed by atoms with E-state index in [-0.39, 0.29) is 12.4 Å². The molecule has 19 heavy (non-hydrogen) atoms. The van der Waals surface area contributed by atoms with Crippen molar-refractivity contribution in [3.63, 3.8) is 0 Å². The largest absolute Gasteiger partial charge is 0.380 e. The second-order valence-corrected chi connectivity index (χ2v) is 4.25. The molecule has 0 bridgehead atoms. The maximum atomic E-state index is 13.9. The van der Waals surface area contributed by atoms with E-state index in [9.17, 15) is 4.39 Å². The van der Waals surface area contributed by atoms with E-state index in [2.05, 4.69) is 11.8 Å². The lowest BCUT2D eigenvalue weighted by Crippen LogP contribution is -2.23. The van der Waals surface area contributed by atoms with E-state index in [0.29, 0.717) is 30.9 Å². The van der Waals surface area contributed by atoms with Crippen molar-refractivity contribution < 1.29 is 9.13 Å². The summed E-state index contributed by atoms with van der Waals surface area (Å²) in [5.74, 6) is 5.30. The van der Waals surface area contributed by atoms with Crippen LogP contribution in [0.2, 0.25) is 0 Å². The van der Waals surface area contributed by atoms with Gasteiger partial charge >= 0.3 is 0 Å². The summed E-state index contributed by atoms with van der Waals surface area (Å²) >= 11 is 0. The molecule has 0 atom stereocenters. The minimum absolute atomic E-state index is 0.230. The van der Waals surface area contributed by atoms with Crippen LogP contribution in [0.5, 0.6) is 0 Å². The lowest BCUT2D eigenvalue weighted by atomic mass is 10.1. The van der Waals surface area contributed by atoms with Crippen molar-refractivity contribution in [3.8, 4) is 11.8 Å². The molecule has 0 aliphatic carbocycles. The first-order valence-corrected chi connectivity index (χ1v) is 6.41. The molecule has 0 saturated carbocycles. The van der Waals surface area contributed by atoms with Gasteiger partial charge in [-0.25, -0.2) is 4.39 Å². The Morgan fingerprint density at radius 2 is 2.21 bits per heavy atom. The van der Waals surface area contributed by atoms with E-state index in [1.165, 1.54) is 6.07 Å². The molecule has 1 rings (SSSR count). The molecule has 0 saturated heterocycles. The molecule has 0 fully saturated rings. The molecule has 1 aromatic carbocycles. The third-order valence-electron chi connectivity index (χ3n) is 2.65. The molecule has 2 N–H and O–H groups in total. The number of ether oxygens (including phenoxy) is 1. The highest BCUT2D eigenvalue weighted by Gasteiger charge is 2.06. The van der Waals surface area contributed by atoms with Crippen LogP contribution in [0.1, 0.15) is 18.1 Å². The van der Waals surface area contributed by atoms with Gasteiger partial charge in [0, 0.05) is 30.8 Å². The van der Waals surface area contributed by atoms with Gasteiger partial charge < -0.3 is 10.5 Å². The van der Waals surface area contributed by atoms with Crippen LogP contribution in [0.3, 0.4) is 0 Å². The summed E-state index contributed by atoms with van der Waals surface area (Å²) < 4.78 is 19.1. The number of hydrogen-bond donors (Lipinski definition) is 1. The van der Waals surface area contributed by atoms with Crippen molar-refractivity contribution >= 4 is 0 Å². The fraction of sp³-hybridized carbons (Fsp3) is 0.467. The van der Waals surface area contributed by atoms with Crippen LogP contribution in [0.15, 0.2) is 18.2 Å². The highest BCUT2D eigenvalue weighted by atomic mass is 19.1. The number of rotatable bonds is 6. The highest BCUT2D eigenvalue weighted by molar-refractivity contribution is 5.37. The maximum Gasteiger partial charge on any atom is 0.128 e. The molecular formula is C15H21FN2O. The normalized spacial score (nSPS) is 10.4. The van der Waals surface area contributed by atoms with Crippen LogP contribution >= 0.6 is 0 Å². The zero-order valence-electron chi connectivity index (χ0n) is 11.6. The second kappa shape index (κ2) is 8.65. The monoisotopic (exact) mass is 264 g/mol. The first-order valence-electron chi connectivity index (χ1n) is 6.41. The van der Waals surface area contributed by atoms with Crippen LogP contribution in [0, 0.1) is 17.7 Å². The van der Waals surface area contributed by atoms with Crippen LogP contribution in [-0.2, 0) is 11.3 Å². The minimum atomic E-state index is -0.230. The van der Waals surface area contributed by atoms with Gasteiger partial charge in [0.1, 0.15) is 5.82 Å². The van der Waals surface area contributed by atoms with Crippen LogP contribution in [0.4, 0.5) is 4.39 Å². The highest BCUT2D eigenvalue weighted by Crippen LogP contribution is 2.11. The summed E-state index contributed by atoms with van der Waals surface area (Å²) in [4.78, 5) is 2.03. The number of benzene rings is 1. The van der Waals surface area contributed by atoms with Gasteiger partial charge in [0.25, 0.3) is 0 Å². The Labute approximate surface area is 114 Å². The summed E-state index contributed by atoms with van der Waals surface area (Å²) in [5, 5.41) is 0. The van der Waals surface area contributed by atoms with E-state index in [0.717, 1.165) is 6.54 Å². The van der Waals surface area contributed by atoms with E-state index in [1.807, 2.05) is 24.9 Å². The van der Waals surface area contributed by atoms with Gasteiger partial charge in [-0.15, -0.1) is 0 Å². The van der Waals surface area contributed by atoms with Crippen LogP contribution in [0.25, 0.3) is 0 Å². The standard InChI is InChI=1S/C15H21FN2O/c1-3-19-10-9-18(2)12-14-7-6-13(5-4-8-17)11-15(14)16/h6-7,11H,3,8-10,12,17H2,1-2H3. The summed E-state index contributed by atoms with van der Waals surface area (Å²) in [6.07, 6.45) is 0. The summed E-state index contributed by atoms with van der Waals surface area (Å²) in [6.45, 7) is 4.95. The van der Waals surface area contributed by atoms with Crippen molar-refractivity contribution in [1.82, 2.24) is 4.90 Å². The van der Waals surface area contributed by atoms with Crippen molar-refractivity contribution in [3.05, 3.63) is 35.1 Å². The molecule has 104 valence electrons. The lowest BCUT2D eigenvalue weighted by molar-refractivity contribution is 0.120. The SMILES string of the molecule is CCOCCN(C)Cc1ccc(C#CCN)cc1F. The second-order valence-electron chi connectivity index (χ2n) is 4.25. The molecule has 0 aliphatic rings. The molecule has 0 aliphatic heterocycles. The Morgan fingerprint density at radius 3 is 2.84 bits per heavy atom. The van der Waals surface area contributed by atoms with Crippen molar-refractivity contribution in [2.45, 2.75) is 13.5 Å². The Kier molecular flexibility index (Phi) is 7.12. The Hall–Kier alpha value is -1.41. The fourth-order valence-corrected chi connectivity index (χ4v) is 1.64. The zero-order valence-corrected chi connectivity index (χ0v) is 11.6. The number of nitrogens with two attached hydrogens (primary N) is 1. The molecule has 0 amide bonds. The smallest absolute Gasteiger partial charge is 0.128 e. The summed E-state index contributed by atoms with van der Waals surface area (Å²) in [5.41, 5.74) is 6.60. The molecule has 4 heteroatoms. The van der Waals surface area contributed by atoms with Gasteiger partial charge in [-0.05, 0) is 26.1 Å². The average Bonchev–Trinajstić information content (AvgIpc) is 2.39.